The van der Waals surface area contributed by atoms with E-state index in [4.69, 9.17) is 0 Å². The van der Waals surface area contributed by atoms with Crippen LogP contribution in [0.1, 0.15) is 49.8 Å². The summed E-state index contributed by atoms with van der Waals surface area (Å²) in [5.41, 5.74) is 1.81. The lowest BCUT2D eigenvalue weighted by Crippen LogP contribution is -2.39. The zero-order valence-corrected chi connectivity index (χ0v) is 17.1. The normalized spacial score (nSPS) is 20.4. The van der Waals surface area contributed by atoms with Gasteiger partial charge in [-0.05, 0) is 54.9 Å². The zero-order chi connectivity index (χ0) is 20.6. The standard InChI is InChI=1S/C24H31FN2O2/c1-18(28)26-23-12-10-20(11-13-23)16-27(15-19-6-3-2-4-7-19)17-24(29)21-8-5-9-22(25)14-21/h2-9,14,20,23-24,29H,10-13,15-17H2,1H3,(H,26,28)/t20?,23?,24-/m0/s1. The molecule has 5 heteroatoms. The van der Waals surface area contributed by atoms with Crippen molar-refractivity contribution in [2.45, 2.75) is 51.3 Å². The van der Waals surface area contributed by atoms with E-state index in [-0.39, 0.29) is 17.8 Å². The van der Waals surface area contributed by atoms with Crippen LogP contribution in [0.5, 0.6) is 0 Å². The molecule has 0 aliphatic heterocycles. The third-order valence-electron chi connectivity index (χ3n) is 5.68. The van der Waals surface area contributed by atoms with Crippen LogP contribution in [0.4, 0.5) is 4.39 Å². The van der Waals surface area contributed by atoms with Gasteiger partial charge in [-0.2, -0.15) is 0 Å². The molecule has 4 nitrogen and oxygen atoms in total. The molecular weight excluding hydrogens is 367 g/mol. The summed E-state index contributed by atoms with van der Waals surface area (Å²) in [4.78, 5) is 13.6. The number of carbonyl (C=O) groups is 1. The zero-order valence-electron chi connectivity index (χ0n) is 17.1. The molecule has 29 heavy (non-hydrogen) atoms. The summed E-state index contributed by atoms with van der Waals surface area (Å²) >= 11 is 0. The summed E-state index contributed by atoms with van der Waals surface area (Å²) in [5.74, 6) is 0.244. The molecule has 0 saturated heterocycles. The lowest BCUT2D eigenvalue weighted by Gasteiger charge is -2.34. The van der Waals surface area contributed by atoms with Gasteiger partial charge >= 0.3 is 0 Å². The maximum atomic E-state index is 13.6. The summed E-state index contributed by atoms with van der Waals surface area (Å²) < 4.78 is 13.6. The molecule has 2 aromatic carbocycles. The minimum absolute atomic E-state index is 0.0392. The molecule has 1 fully saturated rings. The van der Waals surface area contributed by atoms with Gasteiger partial charge in [-0.25, -0.2) is 4.39 Å². The SMILES string of the molecule is CC(=O)NC1CCC(CN(Cc2ccccc2)C[C@H](O)c2cccc(F)c2)CC1. The first-order valence-corrected chi connectivity index (χ1v) is 10.5. The van der Waals surface area contributed by atoms with Crippen LogP contribution in [0.3, 0.4) is 0 Å². The molecule has 2 N–H and O–H groups in total. The van der Waals surface area contributed by atoms with Gasteiger partial charge in [0.1, 0.15) is 5.82 Å². The summed E-state index contributed by atoms with van der Waals surface area (Å²) in [6.45, 7) is 3.67. The Labute approximate surface area is 172 Å². The van der Waals surface area contributed by atoms with E-state index in [9.17, 15) is 14.3 Å². The molecule has 3 rings (SSSR count). The van der Waals surface area contributed by atoms with E-state index in [0.29, 0.717) is 18.0 Å². The van der Waals surface area contributed by atoms with Crippen LogP contribution in [-0.2, 0) is 11.3 Å². The summed E-state index contributed by atoms with van der Waals surface area (Å²) in [6.07, 6.45) is 3.38. The van der Waals surface area contributed by atoms with E-state index >= 15 is 0 Å². The average molecular weight is 399 g/mol. The van der Waals surface area contributed by atoms with Crippen molar-refractivity contribution in [1.29, 1.82) is 0 Å². The number of hydrogen-bond donors (Lipinski definition) is 2. The lowest BCUT2D eigenvalue weighted by molar-refractivity contribution is -0.119. The highest BCUT2D eigenvalue weighted by atomic mass is 19.1. The highest BCUT2D eigenvalue weighted by Crippen LogP contribution is 2.27. The molecule has 0 bridgehead atoms. The second-order valence-corrected chi connectivity index (χ2v) is 8.17. The Bertz CT molecular complexity index is 775. The van der Waals surface area contributed by atoms with Gasteiger partial charge in [0.15, 0.2) is 0 Å². The number of halogens is 1. The Morgan fingerprint density at radius 1 is 1.14 bits per heavy atom. The van der Waals surface area contributed by atoms with Crippen LogP contribution in [-0.4, -0.2) is 35.0 Å². The molecule has 0 unspecified atom stereocenters. The molecule has 1 aliphatic carbocycles. The van der Waals surface area contributed by atoms with Crippen molar-refractivity contribution in [3.8, 4) is 0 Å². The summed E-state index contributed by atoms with van der Waals surface area (Å²) in [6, 6.07) is 16.7. The molecule has 1 amide bonds. The quantitative estimate of drug-likeness (QED) is 0.705. The van der Waals surface area contributed by atoms with E-state index in [2.05, 4.69) is 22.3 Å². The molecule has 2 aromatic rings. The smallest absolute Gasteiger partial charge is 0.217 e. The number of benzene rings is 2. The van der Waals surface area contributed by atoms with E-state index in [1.54, 1.807) is 19.1 Å². The highest BCUT2D eigenvalue weighted by Gasteiger charge is 2.24. The van der Waals surface area contributed by atoms with Crippen LogP contribution in [0.25, 0.3) is 0 Å². The maximum Gasteiger partial charge on any atom is 0.217 e. The van der Waals surface area contributed by atoms with Crippen LogP contribution < -0.4 is 5.32 Å². The molecule has 0 aromatic heterocycles. The van der Waals surface area contributed by atoms with Gasteiger partial charge in [-0.15, -0.1) is 0 Å². The molecule has 0 radical (unpaired) electrons. The van der Waals surface area contributed by atoms with Gasteiger partial charge in [-0.1, -0.05) is 42.5 Å². The van der Waals surface area contributed by atoms with Crippen LogP contribution >= 0.6 is 0 Å². The molecule has 1 atom stereocenters. The Morgan fingerprint density at radius 3 is 2.52 bits per heavy atom. The van der Waals surface area contributed by atoms with Crippen molar-refractivity contribution in [3.63, 3.8) is 0 Å². The number of aliphatic hydroxyl groups excluding tert-OH is 1. The second-order valence-electron chi connectivity index (χ2n) is 8.17. The van der Waals surface area contributed by atoms with Crippen molar-refractivity contribution in [1.82, 2.24) is 10.2 Å². The monoisotopic (exact) mass is 398 g/mol. The Hall–Kier alpha value is -2.24. The van der Waals surface area contributed by atoms with E-state index < -0.39 is 6.10 Å². The van der Waals surface area contributed by atoms with Gasteiger partial charge in [0.2, 0.25) is 5.91 Å². The third-order valence-corrected chi connectivity index (χ3v) is 5.68. The fourth-order valence-corrected chi connectivity index (χ4v) is 4.25. The minimum atomic E-state index is -0.731. The van der Waals surface area contributed by atoms with Gasteiger partial charge in [0.05, 0.1) is 6.10 Å². The molecule has 1 aliphatic rings. The van der Waals surface area contributed by atoms with Gasteiger partial charge in [0.25, 0.3) is 0 Å². The third kappa shape index (κ3) is 6.94. The molecule has 1 saturated carbocycles. The minimum Gasteiger partial charge on any atom is -0.387 e. The van der Waals surface area contributed by atoms with Crippen LogP contribution in [0.2, 0.25) is 0 Å². The van der Waals surface area contributed by atoms with Gasteiger partial charge in [0, 0.05) is 32.6 Å². The summed E-state index contributed by atoms with van der Waals surface area (Å²) in [5, 5.41) is 13.7. The van der Waals surface area contributed by atoms with Crippen LogP contribution in [0.15, 0.2) is 54.6 Å². The van der Waals surface area contributed by atoms with E-state index in [1.807, 2.05) is 18.2 Å². The van der Waals surface area contributed by atoms with Crippen molar-refractivity contribution < 1.29 is 14.3 Å². The van der Waals surface area contributed by atoms with Crippen LogP contribution in [0, 0.1) is 11.7 Å². The number of hydrogen-bond acceptors (Lipinski definition) is 3. The Balaban J connectivity index is 1.63. The predicted molar refractivity (Wildman–Crippen MR) is 113 cm³/mol. The first-order chi connectivity index (χ1) is 14.0. The highest BCUT2D eigenvalue weighted by molar-refractivity contribution is 5.73. The van der Waals surface area contributed by atoms with Crippen molar-refractivity contribution in [2.75, 3.05) is 13.1 Å². The number of carbonyl (C=O) groups excluding carboxylic acids is 1. The molecule has 0 heterocycles. The fourth-order valence-electron chi connectivity index (χ4n) is 4.25. The molecule has 0 spiro atoms. The van der Waals surface area contributed by atoms with Crippen molar-refractivity contribution in [3.05, 3.63) is 71.5 Å². The fraction of sp³-hybridized carbons (Fsp3) is 0.458. The number of rotatable bonds is 8. The maximum absolute atomic E-state index is 13.6. The largest absolute Gasteiger partial charge is 0.387 e. The number of aliphatic hydroxyl groups is 1. The summed E-state index contributed by atoms with van der Waals surface area (Å²) in [7, 11) is 0. The first kappa shape index (κ1) is 21.5. The predicted octanol–water partition coefficient (Wildman–Crippen LogP) is 4.06. The van der Waals surface area contributed by atoms with E-state index in [1.165, 1.54) is 17.7 Å². The number of nitrogens with one attached hydrogen (secondary N) is 1. The van der Waals surface area contributed by atoms with Crippen molar-refractivity contribution >= 4 is 5.91 Å². The first-order valence-electron chi connectivity index (χ1n) is 10.5. The number of amides is 1. The van der Waals surface area contributed by atoms with Crippen molar-refractivity contribution in [2.24, 2.45) is 5.92 Å². The topological polar surface area (TPSA) is 52.6 Å². The van der Waals surface area contributed by atoms with Gasteiger partial charge < -0.3 is 10.4 Å². The second kappa shape index (κ2) is 10.5. The lowest BCUT2D eigenvalue weighted by atomic mass is 9.85. The Kier molecular flexibility index (Phi) is 7.78. The van der Waals surface area contributed by atoms with Gasteiger partial charge in [-0.3, -0.25) is 9.69 Å². The average Bonchev–Trinajstić information content (AvgIpc) is 2.70. The van der Waals surface area contributed by atoms with E-state index in [0.717, 1.165) is 38.8 Å². The number of nitrogens with zero attached hydrogens (tertiary/aromatic N) is 1. The molecule has 156 valence electrons. The molecular formula is C24H31FN2O2. The Morgan fingerprint density at radius 2 is 1.86 bits per heavy atom.